The lowest BCUT2D eigenvalue weighted by molar-refractivity contribution is 0.552. The van der Waals surface area contributed by atoms with Crippen molar-refractivity contribution in [3.05, 3.63) is 46.6 Å². The first-order chi connectivity index (χ1) is 11.3. The second-order valence-corrected chi connectivity index (χ2v) is 8.54. The molecule has 1 aromatic carbocycles. The third-order valence-electron chi connectivity index (χ3n) is 3.46. The summed E-state index contributed by atoms with van der Waals surface area (Å²) in [7, 11) is -0.604. The molecule has 2 rings (SSSR count). The van der Waals surface area contributed by atoms with Crippen LogP contribution >= 0.6 is 15.9 Å². The molecule has 0 aliphatic rings. The fraction of sp³-hybridized carbons (Fsp3) is 0.294. The average Bonchev–Trinajstić information content (AvgIpc) is 2.57. The predicted octanol–water partition coefficient (Wildman–Crippen LogP) is 4.55. The molecule has 1 unspecified atom stereocenters. The third kappa shape index (κ3) is 4.64. The first-order valence-electron chi connectivity index (χ1n) is 7.52. The second-order valence-electron chi connectivity index (χ2n) is 5.42. The van der Waals surface area contributed by atoms with Gasteiger partial charge in [0.2, 0.25) is 0 Å². The number of benzene rings is 1. The van der Waals surface area contributed by atoms with E-state index in [2.05, 4.69) is 37.2 Å². The Kier molecular flexibility index (Phi) is 6.12. The number of hydrogen-bond donors (Lipinski definition) is 0. The van der Waals surface area contributed by atoms with E-state index >= 15 is 0 Å². The molecule has 1 aromatic heterocycles. The van der Waals surface area contributed by atoms with Crippen molar-refractivity contribution in [1.29, 1.82) is 0 Å². The molecule has 0 bridgehead atoms. The highest BCUT2D eigenvalue weighted by Crippen LogP contribution is 2.31. The van der Waals surface area contributed by atoms with Crippen LogP contribution in [0.5, 0.6) is 0 Å². The van der Waals surface area contributed by atoms with Gasteiger partial charge < -0.3 is 4.90 Å². The van der Waals surface area contributed by atoms with Gasteiger partial charge in [0.15, 0.2) is 5.82 Å². The zero-order valence-electron chi connectivity index (χ0n) is 14.2. The summed E-state index contributed by atoms with van der Waals surface area (Å²) in [4.78, 5) is 11.5. The van der Waals surface area contributed by atoms with E-state index < -0.39 is 9.73 Å². The molecule has 0 radical (unpaired) electrons. The molecular formula is C17H21BrN4OS. The van der Waals surface area contributed by atoms with Crippen molar-refractivity contribution in [2.75, 3.05) is 19.8 Å². The normalized spacial score (nSPS) is 13.7. The molecule has 0 N–H and O–H groups in total. The molecule has 0 aliphatic carbocycles. The van der Waals surface area contributed by atoms with Gasteiger partial charge in [0.05, 0.1) is 31.9 Å². The number of halogens is 1. The fourth-order valence-corrected chi connectivity index (χ4v) is 3.63. The summed E-state index contributed by atoms with van der Waals surface area (Å²) in [5.41, 5.74) is 1.49. The maximum atomic E-state index is 12.9. The van der Waals surface area contributed by atoms with Crippen molar-refractivity contribution in [3.8, 4) is 0 Å². The number of aryl methyl sites for hydroxylation is 1. The molecule has 24 heavy (non-hydrogen) atoms. The molecule has 0 fully saturated rings. The Bertz CT molecular complexity index is 858. The lowest BCUT2D eigenvalue weighted by Crippen LogP contribution is -2.14. The maximum Gasteiger partial charge on any atom is 0.176 e. The largest absolute Gasteiger partial charge is 0.366 e. The van der Waals surface area contributed by atoms with E-state index in [9.17, 15) is 4.21 Å². The summed E-state index contributed by atoms with van der Waals surface area (Å²) in [6.07, 6.45) is 3.38. The van der Waals surface area contributed by atoms with Crippen LogP contribution in [0.3, 0.4) is 0 Å². The topological polar surface area (TPSA) is 57.9 Å². The molecule has 7 heteroatoms. The molecule has 1 heterocycles. The second kappa shape index (κ2) is 7.90. The molecule has 128 valence electrons. The Morgan fingerprint density at radius 2 is 2.00 bits per heavy atom. The SMILES string of the molecule is CCN(C)C=Nc1cc(Br)c(N=S(C)(=O)c2ccccc2)nc1C. The van der Waals surface area contributed by atoms with Gasteiger partial charge in [0.25, 0.3) is 0 Å². The van der Waals surface area contributed by atoms with Crippen LogP contribution in [0.1, 0.15) is 12.6 Å². The minimum Gasteiger partial charge on any atom is -0.366 e. The molecule has 1 atom stereocenters. The molecule has 0 saturated heterocycles. The van der Waals surface area contributed by atoms with Gasteiger partial charge in [0.1, 0.15) is 0 Å². The van der Waals surface area contributed by atoms with Crippen LogP contribution in [-0.2, 0) is 9.73 Å². The Hall–Kier alpha value is -1.73. The van der Waals surface area contributed by atoms with Crippen LogP contribution in [0.2, 0.25) is 0 Å². The van der Waals surface area contributed by atoms with Crippen molar-refractivity contribution in [2.45, 2.75) is 18.7 Å². The first-order valence-corrected chi connectivity index (χ1v) is 10.2. The minimum absolute atomic E-state index is 0.423. The van der Waals surface area contributed by atoms with Gasteiger partial charge in [-0.1, -0.05) is 18.2 Å². The van der Waals surface area contributed by atoms with Gasteiger partial charge in [-0.15, -0.1) is 0 Å². The zero-order valence-corrected chi connectivity index (χ0v) is 16.6. The molecule has 0 spiro atoms. The van der Waals surface area contributed by atoms with Crippen molar-refractivity contribution in [3.63, 3.8) is 0 Å². The van der Waals surface area contributed by atoms with E-state index in [1.807, 2.05) is 55.3 Å². The van der Waals surface area contributed by atoms with Crippen LogP contribution in [0, 0.1) is 6.92 Å². The zero-order chi connectivity index (χ0) is 17.7. The molecule has 0 saturated carbocycles. The van der Waals surface area contributed by atoms with Crippen LogP contribution < -0.4 is 0 Å². The Balaban J connectivity index is 2.43. The molecule has 5 nitrogen and oxygen atoms in total. The standard InChI is InChI=1S/C17H21BrN4OS/c1-5-22(3)12-19-16-11-15(18)17(20-13(16)2)21-24(4,23)14-9-7-6-8-10-14/h6-12H,5H2,1-4H3. The number of aliphatic imine (C=N–C) groups is 1. The van der Waals surface area contributed by atoms with Gasteiger partial charge in [-0.3, -0.25) is 0 Å². The van der Waals surface area contributed by atoms with Crippen molar-refractivity contribution >= 4 is 43.5 Å². The van der Waals surface area contributed by atoms with Crippen LogP contribution in [0.4, 0.5) is 11.5 Å². The highest BCUT2D eigenvalue weighted by Gasteiger charge is 2.11. The summed E-state index contributed by atoms with van der Waals surface area (Å²) in [6, 6.07) is 11.1. The Labute approximate surface area is 152 Å². The predicted molar refractivity (Wildman–Crippen MR) is 104 cm³/mol. The average molecular weight is 409 g/mol. The van der Waals surface area contributed by atoms with Gasteiger partial charge in [-0.25, -0.2) is 14.2 Å². The Morgan fingerprint density at radius 3 is 2.62 bits per heavy atom. The van der Waals surface area contributed by atoms with Gasteiger partial charge in [-0.2, -0.15) is 4.36 Å². The van der Waals surface area contributed by atoms with E-state index in [-0.39, 0.29) is 0 Å². The monoisotopic (exact) mass is 408 g/mol. The van der Waals surface area contributed by atoms with E-state index in [4.69, 9.17) is 0 Å². The number of rotatable bonds is 5. The third-order valence-corrected chi connectivity index (χ3v) is 5.71. The summed E-state index contributed by atoms with van der Waals surface area (Å²) in [5.74, 6) is 0.423. The van der Waals surface area contributed by atoms with Crippen molar-refractivity contribution in [1.82, 2.24) is 9.88 Å². The summed E-state index contributed by atoms with van der Waals surface area (Å²) in [5, 5.41) is 0. The number of aromatic nitrogens is 1. The lowest BCUT2D eigenvalue weighted by atomic mass is 10.3. The fourth-order valence-electron chi connectivity index (χ4n) is 1.89. The van der Waals surface area contributed by atoms with Crippen molar-refractivity contribution in [2.24, 2.45) is 9.36 Å². The maximum absolute atomic E-state index is 12.9. The summed E-state index contributed by atoms with van der Waals surface area (Å²) >= 11 is 3.46. The molecule has 0 amide bonds. The number of nitrogens with zero attached hydrogens (tertiary/aromatic N) is 4. The molecule has 0 aliphatic heterocycles. The van der Waals surface area contributed by atoms with Crippen LogP contribution in [0.25, 0.3) is 0 Å². The first kappa shape index (κ1) is 18.6. The van der Waals surface area contributed by atoms with E-state index in [1.54, 1.807) is 12.6 Å². The van der Waals surface area contributed by atoms with Crippen LogP contribution in [0.15, 0.2) is 55.1 Å². The smallest absolute Gasteiger partial charge is 0.176 e. The lowest BCUT2D eigenvalue weighted by Gasteiger charge is -2.10. The van der Waals surface area contributed by atoms with Crippen LogP contribution in [-0.4, -0.2) is 40.3 Å². The van der Waals surface area contributed by atoms with E-state index in [0.29, 0.717) is 15.2 Å². The highest BCUT2D eigenvalue weighted by molar-refractivity contribution is 9.10. The van der Waals surface area contributed by atoms with Crippen molar-refractivity contribution < 1.29 is 4.21 Å². The quantitative estimate of drug-likeness (QED) is 0.538. The Morgan fingerprint density at radius 1 is 1.33 bits per heavy atom. The number of pyridine rings is 1. The number of hydrogen-bond acceptors (Lipinski definition) is 4. The molecular weight excluding hydrogens is 388 g/mol. The molecule has 2 aromatic rings. The van der Waals surface area contributed by atoms with Gasteiger partial charge in [0, 0.05) is 24.7 Å². The summed E-state index contributed by atoms with van der Waals surface area (Å²) in [6.45, 7) is 4.79. The van der Waals surface area contributed by atoms with Gasteiger partial charge in [-0.05, 0) is 48.0 Å². The minimum atomic E-state index is -2.56. The highest BCUT2D eigenvalue weighted by atomic mass is 79.9. The summed E-state index contributed by atoms with van der Waals surface area (Å²) < 4.78 is 17.9. The van der Waals surface area contributed by atoms with E-state index in [1.165, 1.54) is 0 Å². The van der Waals surface area contributed by atoms with E-state index in [0.717, 1.165) is 17.9 Å². The van der Waals surface area contributed by atoms with Gasteiger partial charge >= 0.3 is 0 Å².